The molecule has 1 aliphatic heterocycles. The fourth-order valence-electron chi connectivity index (χ4n) is 2.51. The van der Waals surface area contributed by atoms with Gasteiger partial charge < -0.3 is 15.4 Å². The van der Waals surface area contributed by atoms with Crippen molar-refractivity contribution in [2.45, 2.75) is 44.8 Å². The molecular weight excluding hydrogens is 290 g/mol. The van der Waals surface area contributed by atoms with E-state index in [4.69, 9.17) is 22.1 Å². The largest absolute Gasteiger partial charge is 0.472 e. The fraction of sp³-hybridized carbons (Fsp3) is 0.600. The molecule has 2 N–H and O–H groups in total. The number of aromatic nitrogens is 1. The topological polar surface area (TPSA) is 68.5 Å². The van der Waals surface area contributed by atoms with E-state index in [1.165, 1.54) is 0 Å². The Kier molecular flexibility index (Phi) is 5.82. The van der Waals surface area contributed by atoms with E-state index < -0.39 is 6.04 Å². The minimum absolute atomic E-state index is 0.0224. The summed E-state index contributed by atoms with van der Waals surface area (Å²) < 4.78 is 5.83. The lowest BCUT2D eigenvalue weighted by molar-refractivity contribution is -0.135. The molecule has 2 atom stereocenters. The Morgan fingerprint density at radius 3 is 3.10 bits per heavy atom. The quantitative estimate of drug-likeness (QED) is 0.905. The lowest BCUT2D eigenvalue weighted by Gasteiger charge is -2.34. The fourth-order valence-corrected chi connectivity index (χ4v) is 2.62. The molecule has 1 aliphatic rings. The second kappa shape index (κ2) is 7.61. The Labute approximate surface area is 130 Å². The maximum absolute atomic E-state index is 12.2. The molecule has 2 rings (SSSR count). The first-order valence-corrected chi connectivity index (χ1v) is 7.80. The molecule has 21 heavy (non-hydrogen) atoms. The Balaban J connectivity index is 1.91. The standard InChI is InChI=1S/C15H22ClN3O2/c1-2-4-13(17)15(20)19-8-3-5-12(10-19)21-14-7-6-11(16)9-18-14/h6-7,9,12-13H,2-5,8,10,17H2,1H3/t12-,13+/m0/s1. The van der Waals surface area contributed by atoms with Crippen molar-refractivity contribution in [3.8, 4) is 5.88 Å². The van der Waals surface area contributed by atoms with Crippen molar-refractivity contribution in [1.29, 1.82) is 0 Å². The van der Waals surface area contributed by atoms with Crippen molar-refractivity contribution < 1.29 is 9.53 Å². The van der Waals surface area contributed by atoms with Crippen molar-refractivity contribution in [3.63, 3.8) is 0 Å². The van der Waals surface area contributed by atoms with Gasteiger partial charge in [-0.1, -0.05) is 24.9 Å². The van der Waals surface area contributed by atoms with Gasteiger partial charge in [0, 0.05) is 18.8 Å². The Morgan fingerprint density at radius 2 is 2.43 bits per heavy atom. The van der Waals surface area contributed by atoms with Crippen molar-refractivity contribution >= 4 is 17.5 Å². The van der Waals surface area contributed by atoms with Gasteiger partial charge in [-0.15, -0.1) is 0 Å². The number of nitrogens with two attached hydrogens (primary N) is 1. The highest BCUT2D eigenvalue weighted by atomic mass is 35.5. The van der Waals surface area contributed by atoms with Crippen LogP contribution >= 0.6 is 11.6 Å². The Hall–Kier alpha value is -1.33. The molecule has 1 saturated heterocycles. The van der Waals surface area contributed by atoms with Crippen LogP contribution in [0.3, 0.4) is 0 Å². The number of halogens is 1. The summed E-state index contributed by atoms with van der Waals surface area (Å²) in [4.78, 5) is 18.2. The van der Waals surface area contributed by atoms with Crippen LogP contribution in [0, 0.1) is 0 Å². The average Bonchev–Trinajstić information content (AvgIpc) is 2.49. The summed E-state index contributed by atoms with van der Waals surface area (Å²) in [6, 6.07) is 3.08. The van der Waals surface area contributed by atoms with Gasteiger partial charge in [-0.25, -0.2) is 4.98 Å². The lowest BCUT2D eigenvalue weighted by Crippen LogP contribution is -2.50. The maximum atomic E-state index is 12.2. The van der Waals surface area contributed by atoms with Gasteiger partial charge in [0.2, 0.25) is 11.8 Å². The molecule has 5 nitrogen and oxygen atoms in total. The van der Waals surface area contributed by atoms with E-state index in [0.29, 0.717) is 17.4 Å². The van der Waals surface area contributed by atoms with Gasteiger partial charge in [-0.2, -0.15) is 0 Å². The maximum Gasteiger partial charge on any atom is 0.239 e. The highest BCUT2D eigenvalue weighted by Crippen LogP contribution is 2.19. The van der Waals surface area contributed by atoms with Crippen LogP contribution in [0.5, 0.6) is 5.88 Å². The average molecular weight is 312 g/mol. The zero-order valence-electron chi connectivity index (χ0n) is 12.3. The molecule has 116 valence electrons. The molecule has 2 heterocycles. The van der Waals surface area contributed by atoms with Crippen LogP contribution in [0.25, 0.3) is 0 Å². The first-order valence-electron chi connectivity index (χ1n) is 7.42. The minimum Gasteiger partial charge on any atom is -0.472 e. The van der Waals surface area contributed by atoms with Gasteiger partial charge in [-0.3, -0.25) is 4.79 Å². The third-order valence-corrected chi connectivity index (χ3v) is 3.82. The highest BCUT2D eigenvalue weighted by Gasteiger charge is 2.27. The molecule has 1 amide bonds. The van der Waals surface area contributed by atoms with Crippen LogP contribution in [0.1, 0.15) is 32.6 Å². The molecule has 0 bridgehead atoms. The van der Waals surface area contributed by atoms with Gasteiger partial charge in [0.25, 0.3) is 0 Å². The number of amides is 1. The summed E-state index contributed by atoms with van der Waals surface area (Å²) in [6.45, 7) is 3.35. The number of carbonyl (C=O) groups is 1. The molecule has 0 aromatic carbocycles. The summed E-state index contributed by atoms with van der Waals surface area (Å²) in [5, 5.41) is 0.577. The molecule has 0 saturated carbocycles. The van der Waals surface area contributed by atoms with E-state index in [-0.39, 0.29) is 12.0 Å². The number of likely N-dealkylation sites (tertiary alicyclic amines) is 1. The van der Waals surface area contributed by atoms with Crippen LogP contribution in [-0.2, 0) is 4.79 Å². The summed E-state index contributed by atoms with van der Waals surface area (Å²) >= 11 is 5.80. The zero-order chi connectivity index (χ0) is 15.2. The van der Waals surface area contributed by atoms with Gasteiger partial charge in [-0.05, 0) is 25.3 Å². The van der Waals surface area contributed by atoms with Gasteiger partial charge in [0.15, 0.2) is 0 Å². The second-order valence-electron chi connectivity index (χ2n) is 5.38. The molecule has 1 aromatic heterocycles. The molecule has 0 unspecified atom stereocenters. The number of ether oxygens (including phenoxy) is 1. The summed E-state index contributed by atoms with van der Waals surface area (Å²) in [5.74, 6) is 0.561. The van der Waals surface area contributed by atoms with Crippen LogP contribution in [0.15, 0.2) is 18.3 Å². The molecule has 0 aliphatic carbocycles. The molecule has 1 fully saturated rings. The summed E-state index contributed by atoms with van der Waals surface area (Å²) in [6.07, 6.45) is 4.99. The Morgan fingerprint density at radius 1 is 1.62 bits per heavy atom. The van der Waals surface area contributed by atoms with E-state index in [2.05, 4.69) is 4.98 Å². The molecule has 0 radical (unpaired) electrons. The number of carbonyl (C=O) groups excluding carboxylic acids is 1. The molecule has 6 heteroatoms. The normalized spacial score (nSPS) is 20.1. The van der Waals surface area contributed by atoms with Crippen LogP contribution in [0.4, 0.5) is 0 Å². The number of rotatable bonds is 5. The second-order valence-corrected chi connectivity index (χ2v) is 5.81. The lowest BCUT2D eigenvalue weighted by atomic mass is 10.1. The SMILES string of the molecule is CCC[C@@H](N)C(=O)N1CCC[C@H](Oc2ccc(Cl)cn2)C1. The summed E-state index contributed by atoms with van der Waals surface area (Å²) in [5.41, 5.74) is 5.91. The predicted molar refractivity (Wildman–Crippen MR) is 82.4 cm³/mol. The van der Waals surface area contributed by atoms with Gasteiger partial charge in [0.05, 0.1) is 17.6 Å². The first-order chi connectivity index (χ1) is 10.1. The first kappa shape index (κ1) is 16.0. The van der Waals surface area contributed by atoms with Crippen LogP contribution in [-0.4, -0.2) is 41.0 Å². The third kappa shape index (κ3) is 4.58. The zero-order valence-corrected chi connectivity index (χ0v) is 13.1. The highest BCUT2D eigenvalue weighted by molar-refractivity contribution is 6.30. The molecular formula is C15H22ClN3O2. The van der Waals surface area contributed by atoms with Gasteiger partial charge >= 0.3 is 0 Å². The third-order valence-electron chi connectivity index (χ3n) is 3.59. The number of nitrogens with zero attached hydrogens (tertiary/aromatic N) is 2. The van der Waals surface area contributed by atoms with Crippen molar-refractivity contribution in [2.75, 3.05) is 13.1 Å². The number of pyridine rings is 1. The van der Waals surface area contributed by atoms with Gasteiger partial charge in [0.1, 0.15) is 6.10 Å². The minimum atomic E-state index is -0.401. The van der Waals surface area contributed by atoms with E-state index in [1.54, 1.807) is 18.3 Å². The van der Waals surface area contributed by atoms with E-state index in [9.17, 15) is 4.79 Å². The van der Waals surface area contributed by atoms with Crippen LogP contribution in [0.2, 0.25) is 5.02 Å². The molecule has 1 aromatic rings. The number of hydrogen-bond acceptors (Lipinski definition) is 4. The Bertz CT molecular complexity index is 466. The monoisotopic (exact) mass is 311 g/mol. The number of hydrogen-bond donors (Lipinski definition) is 1. The summed E-state index contributed by atoms with van der Waals surface area (Å²) in [7, 11) is 0. The van der Waals surface area contributed by atoms with E-state index in [0.717, 1.165) is 32.2 Å². The van der Waals surface area contributed by atoms with Crippen molar-refractivity contribution in [2.24, 2.45) is 5.73 Å². The number of piperidine rings is 1. The van der Waals surface area contributed by atoms with Crippen molar-refractivity contribution in [3.05, 3.63) is 23.4 Å². The smallest absolute Gasteiger partial charge is 0.239 e. The molecule has 0 spiro atoms. The van der Waals surface area contributed by atoms with E-state index in [1.807, 2.05) is 11.8 Å². The van der Waals surface area contributed by atoms with Crippen molar-refractivity contribution in [1.82, 2.24) is 9.88 Å². The predicted octanol–water partition coefficient (Wildman–Crippen LogP) is 2.23. The van der Waals surface area contributed by atoms with Crippen LogP contribution < -0.4 is 10.5 Å². The van der Waals surface area contributed by atoms with E-state index >= 15 is 0 Å².